The maximum Gasteiger partial charge on any atom is 0.0226 e. The quantitative estimate of drug-likeness (QED) is 0.671. The van der Waals surface area contributed by atoms with Gasteiger partial charge in [0.2, 0.25) is 0 Å². The summed E-state index contributed by atoms with van der Waals surface area (Å²) in [6, 6.07) is 2.15. The number of rotatable bonds is 8. The zero-order valence-corrected chi connectivity index (χ0v) is 13.1. The molecule has 1 fully saturated rings. The first kappa shape index (κ1) is 15.9. The van der Waals surface area contributed by atoms with Crippen LogP contribution in [0.5, 0.6) is 0 Å². The Morgan fingerprint density at radius 1 is 1.28 bits per heavy atom. The first-order valence-electron chi connectivity index (χ1n) is 7.64. The van der Waals surface area contributed by atoms with Crippen molar-refractivity contribution in [1.29, 1.82) is 0 Å². The molecule has 1 rings (SSSR count). The Morgan fingerprint density at radius 2 is 2.00 bits per heavy atom. The molecule has 0 saturated carbocycles. The highest BCUT2D eigenvalue weighted by Crippen LogP contribution is 2.22. The van der Waals surface area contributed by atoms with E-state index >= 15 is 0 Å². The zero-order chi connectivity index (χ0) is 13.5. The molecule has 0 aromatic rings. The summed E-state index contributed by atoms with van der Waals surface area (Å²) in [6.07, 6.45) is 5.38. The van der Waals surface area contributed by atoms with E-state index in [0.717, 1.165) is 18.6 Å². The molecule has 0 radical (unpaired) electrons. The number of hydrogen-bond acceptors (Lipinski definition) is 3. The van der Waals surface area contributed by atoms with Crippen LogP contribution in [0, 0.1) is 0 Å². The molecule has 1 aliphatic heterocycles. The Labute approximate surface area is 114 Å². The van der Waals surface area contributed by atoms with Gasteiger partial charge in [-0.3, -0.25) is 4.90 Å². The second kappa shape index (κ2) is 8.13. The maximum absolute atomic E-state index is 3.51. The van der Waals surface area contributed by atoms with Gasteiger partial charge < -0.3 is 10.2 Å². The van der Waals surface area contributed by atoms with E-state index in [1.165, 1.54) is 38.8 Å². The van der Waals surface area contributed by atoms with Crippen molar-refractivity contribution >= 4 is 0 Å². The highest BCUT2D eigenvalue weighted by molar-refractivity contribution is 4.84. The second-order valence-corrected chi connectivity index (χ2v) is 6.40. The number of likely N-dealkylation sites (N-methyl/N-ethyl adjacent to an activating group) is 1. The molecule has 2 unspecified atom stereocenters. The average Bonchev–Trinajstić information content (AvgIpc) is 2.71. The van der Waals surface area contributed by atoms with Crippen LogP contribution >= 0.6 is 0 Å². The van der Waals surface area contributed by atoms with Crippen LogP contribution in [0.25, 0.3) is 0 Å². The smallest absolute Gasteiger partial charge is 0.0226 e. The molecule has 1 saturated heterocycles. The van der Waals surface area contributed by atoms with Crippen LogP contribution in [0.4, 0.5) is 0 Å². The van der Waals surface area contributed by atoms with Gasteiger partial charge in [-0.2, -0.15) is 0 Å². The fourth-order valence-electron chi connectivity index (χ4n) is 3.01. The molecular formula is C15H33N3. The molecule has 1 N–H and O–H groups in total. The van der Waals surface area contributed by atoms with E-state index in [9.17, 15) is 0 Å². The first-order valence-corrected chi connectivity index (χ1v) is 7.64. The molecule has 1 aliphatic rings. The van der Waals surface area contributed by atoms with Crippen molar-refractivity contribution in [3.05, 3.63) is 0 Å². The molecule has 0 amide bonds. The normalized spacial score (nSPS) is 23.2. The van der Waals surface area contributed by atoms with E-state index in [0.29, 0.717) is 6.04 Å². The molecule has 3 heteroatoms. The van der Waals surface area contributed by atoms with E-state index in [2.05, 4.69) is 50.0 Å². The predicted molar refractivity (Wildman–Crippen MR) is 80.1 cm³/mol. The highest BCUT2D eigenvalue weighted by atomic mass is 15.2. The molecule has 0 aromatic carbocycles. The van der Waals surface area contributed by atoms with Gasteiger partial charge in [0, 0.05) is 24.7 Å². The lowest BCUT2D eigenvalue weighted by atomic mass is 10.1. The van der Waals surface area contributed by atoms with Crippen LogP contribution in [-0.2, 0) is 0 Å². The van der Waals surface area contributed by atoms with Gasteiger partial charge in [0.1, 0.15) is 0 Å². The highest BCUT2D eigenvalue weighted by Gasteiger charge is 2.28. The third-order valence-corrected chi connectivity index (χ3v) is 3.92. The SMILES string of the molecule is CC(C)NCCCC(C)N1CCCC1CN(C)C. The third kappa shape index (κ3) is 5.68. The maximum atomic E-state index is 3.51. The topological polar surface area (TPSA) is 18.5 Å². The molecule has 0 aromatic heterocycles. The van der Waals surface area contributed by atoms with Crippen LogP contribution < -0.4 is 5.32 Å². The summed E-state index contributed by atoms with van der Waals surface area (Å²) in [5.74, 6) is 0. The Bertz CT molecular complexity index is 216. The van der Waals surface area contributed by atoms with Crippen LogP contribution in [0.3, 0.4) is 0 Å². The first-order chi connectivity index (χ1) is 8.50. The number of hydrogen-bond donors (Lipinski definition) is 1. The summed E-state index contributed by atoms with van der Waals surface area (Å²) in [7, 11) is 4.38. The fourth-order valence-corrected chi connectivity index (χ4v) is 3.01. The summed E-state index contributed by atoms with van der Waals surface area (Å²) < 4.78 is 0. The largest absolute Gasteiger partial charge is 0.315 e. The summed E-state index contributed by atoms with van der Waals surface area (Å²) in [5.41, 5.74) is 0. The van der Waals surface area contributed by atoms with Gasteiger partial charge in [-0.15, -0.1) is 0 Å². The minimum absolute atomic E-state index is 0.619. The fraction of sp³-hybridized carbons (Fsp3) is 1.00. The number of nitrogens with one attached hydrogen (secondary N) is 1. The average molecular weight is 255 g/mol. The van der Waals surface area contributed by atoms with Crippen molar-refractivity contribution in [2.24, 2.45) is 0 Å². The van der Waals surface area contributed by atoms with Gasteiger partial charge in [-0.05, 0) is 59.8 Å². The minimum atomic E-state index is 0.619. The van der Waals surface area contributed by atoms with Gasteiger partial charge in [-0.1, -0.05) is 13.8 Å². The zero-order valence-electron chi connectivity index (χ0n) is 13.1. The van der Waals surface area contributed by atoms with Gasteiger partial charge in [0.05, 0.1) is 0 Å². The Kier molecular flexibility index (Phi) is 7.20. The second-order valence-electron chi connectivity index (χ2n) is 6.40. The molecule has 0 bridgehead atoms. The van der Waals surface area contributed by atoms with Crippen molar-refractivity contribution in [3.63, 3.8) is 0 Å². The van der Waals surface area contributed by atoms with E-state index in [-0.39, 0.29) is 0 Å². The predicted octanol–water partition coefficient (Wildman–Crippen LogP) is 2.18. The molecule has 0 aliphatic carbocycles. The van der Waals surface area contributed by atoms with Crippen LogP contribution in [0.2, 0.25) is 0 Å². The molecule has 108 valence electrons. The standard InChI is InChI=1S/C15H33N3/c1-13(2)16-10-6-8-14(3)18-11-7-9-15(18)12-17(4)5/h13-16H,6-12H2,1-5H3. The third-order valence-electron chi connectivity index (χ3n) is 3.92. The van der Waals surface area contributed by atoms with Crippen LogP contribution in [0.15, 0.2) is 0 Å². The summed E-state index contributed by atoms with van der Waals surface area (Å²) in [4.78, 5) is 5.06. The van der Waals surface area contributed by atoms with Crippen LogP contribution in [-0.4, -0.2) is 61.7 Å². The summed E-state index contributed by atoms with van der Waals surface area (Å²) >= 11 is 0. The molecule has 2 atom stereocenters. The van der Waals surface area contributed by atoms with Gasteiger partial charge in [-0.25, -0.2) is 0 Å². The lowest BCUT2D eigenvalue weighted by molar-refractivity contribution is 0.153. The van der Waals surface area contributed by atoms with E-state index < -0.39 is 0 Å². The van der Waals surface area contributed by atoms with Gasteiger partial charge >= 0.3 is 0 Å². The van der Waals surface area contributed by atoms with E-state index in [1.807, 2.05) is 0 Å². The molecule has 0 spiro atoms. The monoisotopic (exact) mass is 255 g/mol. The summed E-state index contributed by atoms with van der Waals surface area (Å²) in [6.45, 7) is 10.5. The van der Waals surface area contributed by atoms with Crippen molar-refractivity contribution in [1.82, 2.24) is 15.1 Å². The van der Waals surface area contributed by atoms with E-state index in [1.54, 1.807) is 0 Å². The number of likely N-dealkylation sites (tertiary alicyclic amines) is 1. The minimum Gasteiger partial charge on any atom is -0.315 e. The Morgan fingerprint density at radius 3 is 2.61 bits per heavy atom. The Balaban J connectivity index is 2.24. The van der Waals surface area contributed by atoms with E-state index in [4.69, 9.17) is 0 Å². The number of nitrogens with zero attached hydrogens (tertiary/aromatic N) is 2. The molecular weight excluding hydrogens is 222 g/mol. The van der Waals surface area contributed by atoms with Gasteiger partial charge in [0.15, 0.2) is 0 Å². The van der Waals surface area contributed by atoms with Crippen molar-refractivity contribution in [2.45, 2.75) is 64.6 Å². The van der Waals surface area contributed by atoms with Crippen molar-refractivity contribution in [2.75, 3.05) is 33.7 Å². The van der Waals surface area contributed by atoms with Crippen LogP contribution in [0.1, 0.15) is 46.5 Å². The van der Waals surface area contributed by atoms with Crippen molar-refractivity contribution in [3.8, 4) is 0 Å². The molecule has 3 nitrogen and oxygen atoms in total. The van der Waals surface area contributed by atoms with Gasteiger partial charge in [0.25, 0.3) is 0 Å². The molecule has 18 heavy (non-hydrogen) atoms. The lowest BCUT2D eigenvalue weighted by Crippen LogP contribution is -2.42. The van der Waals surface area contributed by atoms with Crippen molar-refractivity contribution < 1.29 is 0 Å². The molecule has 1 heterocycles. The Hall–Kier alpha value is -0.120. The lowest BCUT2D eigenvalue weighted by Gasteiger charge is -2.32. The summed E-state index contributed by atoms with van der Waals surface area (Å²) in [5, 5.41) is 3.51.